The van der Waals surface area contributed by atoms with Crippen LogP contribution in [0.1, 0.15) is 19.3 Å². The van der Waals surface area contributed by atoms with Crippen molar-refractivity contribution in [2.75, 3.05) is 7.05 Å². The molecular formula is C10H15N3S. The van der Waals surface area contributed by atoms with Crippen molar-refractivity contribution in [1.82, 2.24) is 15.3 Å². The third kappa shape index (κ3) is 2.45. The summed E-state index contributed by atoms with van der Waals surface area (Å²) in [5, 5.41) is 5.16. The molecule has 0 amide bonds. The maximum Gasteiger partial charge on any atom is 0.116 e. The Kier molecular flexibility index (Phi) is 3.37. The molecule has 0 spiro atoms. The number of aromatic nitrogens is 2. The summed E-state index contributed by atoms with van der Waals surface area (Å²) < 4.78 is 0. The minimum Gasteiger partial charge on any atom is -0.317 e. The average molecular weight is 209 g/mol. The van der Waals surface area contributed by atoms with Crippen molar-refractivity contribution in [3.63, 3.8) is 0 Å². The average Bonchev–Trinajstić information content (AvgIpc) is 2.67. The summed E-state index contributed by atoms with van der Waals surface area (Å²) in [5.74, 6) is 0. The van der Waals surface area contributed by atoms with E-state index in [2.05, 4.69) is 15.3 Å². The Labute approximate surface area is 88.7 Å². The van der Waals surface area contributed by atoms with Crippen molar-refractivity contribution in [3.05, 3.63) is 18.6 Å². The first-order valence-electron chi connectivity index (χ1n) is 4.98. The van der Waals surface area contributed by atoms with Gasteiger partial charge in [-0.05, 0) is 32.4 Å². The van der Waals surface area contributed by atoms with Crippen molar-refractivity contribution < 1.29 is 0 Å². The van der Waals surface area contributed by atoms with Crippen LogP contribution in [-0.2, 0) is 0 Å². The van der Waals surface area contributed by atoms with Gasteiger partial charge in [-0.15, -0.1) is 11.8 Å². The topological polar surface area (TPSA) is 37.8 Å². The Morgan fingerprint density at radius 1 is 1.50 bits per heavy atom. The molecule has 2 rings (SSSR count). The number of nitrogens with one attached hydrogen (secondary N) is 1. The van der Waals surface area contributed by atoms with Gasteiger partial charge in [-0.25, -0.2) is 9.97 Å². The van der Waals surface area contributed by atoms with E-state index in [9.17, 15) is 0 Å². The lowest BCUT2D eigenvalue weighted by atomic mass is 10.3. The SMILES string of the molecule is CNC1CCC(Sc2ccncn2)C1. The van der Waals surface area contributed by atoms with Gasteiger partial charge in [-0.2, -0.15) is 0 Å². The first-order chi connectivity index (χ1) is 6.88. The summed E-state index contributed by atoms with van der Waals surface area (Å²) in [6.45, 7) is 0. The van der Waals surface area contributed by atoms with Gasteiger partial charge in [0.15, 0.2) is 0 Å². The van der Waals surface area contributed by atoms with Crippen molar-refractivity contribution in [2.45, 2.75) is 35.6 Å². The van der Waals surface area contributed by atoms with Crippen molar-refractivity contribution in [3.8, 4) is 0 Å². The van der Waals surface area contributed by atoms with Crippen LogP contribution in [-0.4, -0.2) is 28.3 Å². The van der Waals surface area contributed by atoms with E-state index in [1.165, 1.54) is 19.3 Å². The van der Waals surface area contributed by atoms with E-state index in [1.54, 1.807) is 12.5 Å². The monoisotopic (exact) mass is 209 g/mol. The molecule has 1 N–H and O–H groups in total. The first-order valence-corrected chi connectivity index (χ1v) is 5.86. The van der Waals surface area contributed by atoms with Crippen LogP contribution in [0, 0.1) is 0 Å². The van der Waals surface area contributed by atoms with Gasteiger partial charge in [0, 0.05) is 17.5 Å². The van der Waals surface area contributed by atoms with E-state index >= 15 is 0 Å². The van der Waals surface area contributed by atoms with E-state index in [0.717, 1.165) is 10.3 Å². The maximum absolute atomic E-state index is 4.22. The summed E-state index contributed by atoms with van der Waals surface area (Å²) in [6, 6.07) is 2.69. The summed E-state index contributed by atoms with van der Waals surface area (Å²) in [5.41, 5.74) is 0. The van der Waals surface area contributed by atoms with Gasteiger partial charge in [-0.3, -0.25) is 0 Å². The van der Waals surface area contributed by atoms with E-state index in [1.807, 2.05) is 24.9 Å². The molecule has 2 atom stereocenters. The van der Waals surface area contributed by atoms with Crippen LogP contribution in [0.25, 0.3) is 0 Å². The fourth-order valence-corrected chi connectivity index (χ4v) is 3.00. The Balaban J connectivity index is 1.88. The molecule has 14 heavy (non-hydrogen) atoms. The van der Waals surface area contributed by atoms with Gasteiger partial charge in [0.2, 0.25) is 0 Å². The second kappa shape index (κ2) is 4.75. The molecular weight excluding hydrogens is 194 g/mol. The van der Waals surface area contributed by atoms with Gasteiger partial charge < -0.3 is 5.32 Å². The molecule has 0 aliphatic heterocycles. The highest BCUT2D eigenvalue weighted by Gasteiger charge is 2.24. The normalized spacial score (nSPS) is 26.6. The minimum absolute atomic E-state index is 0.703. The molecule has 1 aliphatic carbocycles. The Hall–Kier alpha value is -0.610. The van der Waals surface area contributed by atoms with Crippen LogP contribution >= 0.6 is 11.8 Å². The Morgan fingerprint density at radius 3 is 3.07 bits per heavy atom. The van der Waals surface area contributed by atoms with Gasteiger partial charge >= 0.3 is 0 Å². The molecule has 0 aromatic carbocycles. The van der Waals surface area contributed by atoms with E-state index < -0.39 is 0 Å². The number of hydrogen-bond donors (Lipinski definition) is 1. The first kappa shape index (κ1) is 9.93. The highest BCUT2D eigenvalue weighted by Crippen LogP contribution is 2.33. The second-order valence-corrected chi connectivity index (χ2v) is 4.91. The smallest absolute Gasteiger partial charge is 0.116 e. The fourth-order valence-electron chi connectivity index (χ4n) is 1.83. The summed E-state index contributed by atoms with van der Waals surface area (Å²) in [4.78, 5) is 8.14. The lowest BCUT2D eigenvalue weighted by Crippen LogP contribution is -2.21. The van der Waals surface area contributed by atoms with E-state index in [-0.39, 0.29) is 0 Å². The minimum atomic E-state index is 0.703. The summed E-state index contributed by atoms with van der Waals surface area (Å²) >= 11 is 1.88. The quantitative estimate of drug-likeness (QED) is 0.769. The van der Waals surface area contributed by atoms with Crippen LogP contribution in [0.3, 0.4) is 0 Å². The highest BCUT2D eigenvalue weighted by molar-refractivity contribution is 7.99. The molecule has 0 saturated heterocycles. The molecule has 1 saturated carbocycles. The predicted molar refractivity (Wildman–Crippen MR) is 58.4 cm³/mol. The van der Waals surface area contributed by atoms with Crippen molar-refractivity contribution in [1.29, 1.82) is 0 Å². The van der Waals surface area contributed by atoms with Crippen LogP contribution in [0.4, 0.5) is 0 Å². The van der Waals surface area contributed by atoms with E-state index in [4.69, 9.17) is 0 Å². The van der Waals surface area contributed by atoms with Crippen molar-refractivity contribution in [2.24, 2.45) is 0 Å². The number of thioether (sulfide) groups is 1. The lowest BCUT2D eigenvalue weighted by Gasteiger charge is -2.09. The zero-order valence-electron chi connectivity index (χ0n) is 8.31. The van der Waals surface area contributed by atoms with Gasteiger partial charge in [-0.1, -0.05) is 0 Å². The predicted octanol–water partition coefficient (Wildman–Crippen LogP) is 1.71. The van der Waals surface area contributed by atoms with Gasteiger partial charge in [0.1, 0.15) is 6.33 Å². The highest BCUT2D eigenvalue weighted by atomic mass is 32.2. The molecule has 3 nitrogen and oxygen atoms in total. The Morgan fingerprint density at radius 2 is 2.43 bits per heavy atom. The third-order valence-electron chi connectivity index (χ3n) is 2.63. The second-order valence-electron chi connectivity index (χ2n) is 3.59. The lowest BCUT2D eigenvalue weighted by molar-refractivity contribution is 0.583. The Bertz CT molecular complexity index is 278. The molecule has 2 unspecified atom stereocenters. The largest absolute Gasteiger partial charge is 0.317 e. The molecule has 76 valence electrons. The molecule has 1 aromatic heterocycles. The molecule has 1 aliphatic rings. The molecule has 1 heterocycles. The fraction of sp³-hybridized carbons (Fsp3) is 0.600. The van der Waals surface area contributed by atoms with Crippen LogP contribution < -0.4 is 5.32 Å². The summed E-state index contributed by atoms with van der Waals surface area (Å²) in [7, 11) is 2.04. The molecule has 4 heteroatoms. The zero-order chi connectivity index (χ0) is 9.80. The number of hydrogen-bond acceptors (Lipinski definition) is 4. The van der Waals surface area contributed by atoms with Crippen LogP contribution in [0.2, 0.25) is 0 Å². The molecule has 1 fully saturated rings. The van der Waals surface area contributed by atoms with Crippen molar-refractivity contribution >= 4 is 11.8 Å². The van der Waals surface area contributed by atoms with Gasteiger partial charge in [0.05, 0.1) is 5.03 Å². The molecule has 1 aromatic rings. The van der Waals surface area contributed by atoms with E-state index in [0.29, 0.717) is 6.04 Å². The van der Waals surface area contributed by atoms with Crippen LogP contribution in [0.15, 0.2) is 23.6 Å². The standard InChI is InChI=1S/C10H15N3S/c1-11-8-2-3-9(6-8)14-10-4-5-12-7-13-10/h4-5,7-9,11H,2-3,6H2,1H3. The van der Waals surface area contributed by atoms with Crippen LogP contribution in [0.5, 0.6) is 0 Å². The zero-order valence-corrected chi connectivity index (χ0v) is 9.13. The number of nitrogens with zero attached hydrogens (tertiary/aromatic N) is 2. The molecule has 0 bridgehead atoms. The molecule has 0 radical (unpaired) electrons. The maximum atomic E-state index is 4.22. The third-order valence-corrected chi connectivity index (χ3v) is 3.88. The number of rotatable bonds is 3. The summed E-state index contributed by atoms with van der Waals surface area (Å²) in [6.07, 6.45) is 7.26. The van der Waals surface area contributed by atoms with Gasteiger partial charge in [0.25, 0.3) is 0 Å².